The number of benzene rings is 2. The van der Waals surface area contributed by atoms with E-state index in [0.29, 0.717) is 18.4 Å². The van der Waals surface area contributed by atoms with E-state index in [-0.39, 0.29) is 42.2 Å². The third kappa shape index (κ3) is 5.03. The minimum atomic E-state index is -2.94. The van der Waals surface area contributed by atoms with Gasteiger partial charge in [0.25, 0.3) is 0 Å². The number of piperidine rings is 2. The molecule has 0 radical (unpaired) electrons. The molecule has 0 N–H and O–H groups in total. The molecule has 0 spiro atoms. The Kier molecular flexibility index (Phi) is 6.49. The summed E-state index contributed by atoms with van der Waals surface area (Å²) in [7, 11) is 0. The molecule has 2 saturated heterocycles. The maximum Gasteiger partial charge on any atom is 0.410 e. The number of carbonyl (C=O) groups is 2. The minimum absolute atomic E-state index is 0.0250. The van der Waals surface area contributed by atoms with Crippen molar-refractivity contribution < 1.29 is 27.8 Å². The van der Waals surface area contributed by atoms with Gasteiger partial charge in [-0.05, 0) is 49.8 Å². The number of ether oxygens (including phenoxy) is 2. The van der Waals surface area contributed by atoms with Crippen molar-refractivity contribution in [3.05, 3.63) is 65.7 Å². The van der Waals surface area contributed by atoms with Gasteiger partial charge in [-0.25, -0.2) is 4.79 Å². The van der Waals surface area contributed by atoms with Gasteiger partial charge in [0, 0.05) is 23.6 Å². The van der Waals surface area contributed by atoms with Crippen molar-refractivity contribution in [2.75, 3.05) is 0 Å². The highest BCUT2D eigenvalue weighted by Gasteiger charge is 2.43. The van der Waals surface area contributed by atoms with Gasteiger partial charge in [0.15, 0.2) is 5.78 Å². The number of ketones is 1. The zero-order valence-corrected chi connectivity index (χ0v) is 17.1. The van der Waals surface area contributed by atoms with Crippen LogP contribution in [0, 0.1) is 5.92 Å². The van der Waals surface area contributed by atoms with Gasteiger partial charge in [-0.2, -0.15) is 8.78 Å². The summed E-state index contributed by atoms with van der Waals surface area (Å²) in [5, 5.41) is 0. The first-order valence-electron chi connectivity index (χ1n) is 10.6. The molecule has 4 rings (SSSR count). The maximum absolute atomic E-state index is 13.1. The van der Waals surface area contributed by atoms with E-state index in [1.54, 1.807) is 12.1 Å². The third-order valence-electron chi connectivity index (χ3n) is 6.11. The zero-order valence-electron chi connectivity index (χ0n) is 17.1. The molecule has 2 fully saturated rings. The van der Waals surface area contributed by atoms with E-state index in [2.05, 4.69) is 4.74 Å². The summed E-state index contributed by atoms with van der Waals surface area (Å²) in [5.41, 5.74) is 1.29. The minimum Gasteiger partial charge on any atom is -0.445 e. The third-order valence-corrected chi connectivity index (χ3v) is 6.11. The van der Waals surface area contributed by atoms with Gasteiger partial charge >= 0.3 is 12.7 Å². The Labute approximate surface area is 179 Å². The van der Waals surface area contributed by atoms with E-state index in [0.717, 1.165) is 24.8 Å². The fourth-order valence-corrected chi connectivity index (χ4v) is 4.75. The molecule has 0 aliphatic carbocycles. The molecule has 0 saturated carbocycles. The second-order valence-electron chi connectivity index (χ2n) is 8.12. The van der Waals surface area contributed by atoms with Crippen molar-refractivity contribution >= 4 is 11.9 Å². The van der Waals surface area contributed by atoms with Crippen molar-refractivity contribution in [3.8, 4) is 5.75 Å². The first kappa shape index (κ1) is 21.3. The number of rotatable bonds is 6. The predicted molar refractivity (Wildman–Crippen MR) is 110 cm³/mol. The van der Waals surface area contributed by atoms with Crippen LogP contribution in [0.25, 0.3) is 0 Å². The number of amides is 1. The molecule has 2 heterocycles. The van der Waals surface area contributed by atoms with Crippen LogP contribution >= 0.6 is 0 Å². The molecule has 2 atom stereocenters. The quantitative estimate of drug-likeness (QED) is 0.574. The van der Waals surface area contributed by atoms with Gasteiger partial charge in [0.05, 0.1) is 0 Å². The second-order valence-corrected chi connectivity index (χ2v) is 8.12. The molecule has 2 aromatic rings. The fourth-order valence-electron chi connectivity index (χ4n) is 4.75. The van der Waals surface area contributed by atoms with Crippen LogP contribution < -0.4 is 4.74 Å². The van der Waals surface area contributed by atoms with Crippen LogP contribution in [0.15, 0.2) is 54.6 Å². The largest absolute Gasteiger partial charge is 0.445 e. The number of hydrogen-bond acceptors (Lipinski definition) is 4. The Morgan fingerprint density at radius 1 is 1.00 bits per heavy atom. The molecule has 7 heteroatoms. The van der Waals surface area contributed by atoms with Gasteiger partial charge in [-0.15, -0.1) is 0 Å². The zero-order chi connectivity index (χ0) is 21.8. The van der Waals surface area contributed by atoms with Crippen LogP contribution in [-0.4, -0.2) is 35.5 Å². The summed E-state index contributed by atoms with van der Waals surface area (Å²) in [6.45, 7) is -2.72. The van der Waals surface area contributed by atoms with Crippen LogP contribution in [0.1, 0.15) is 48.0 Å². The summed E-state index contributed by atoms with van der Waals surface area (Å²) in [6.07, 6.45) is 3.43. The summed E-state index contributed by atoms with van der Waals surface area (Å²) in [4.78, 5) is 27.7. The van der Waals surface area contributed by atoms with Crippen LogP contribution in [0.5, 0.6) is 5.75 Å². The number of fused-ring (bicyclic) bond motifs is 2. The molecular weight excluding hydrogens is 404 g/mol. The van der Waals surface area contributed by atoms with Gasteiger partial charge in [-0.3, -0.25) is 4.79 Å². The Morgan fingerprint density at radius 2 is 1.71 bits per heavy atom. The number of carbonyl (C=O) groups excluding carboxylic acids is 2. The molecule has 31 heavy (non-hydrogen) atoms. The van der Waals surface area contributed by atoms with Gasteiger partial charge < -0.3 is 14.4 Å². The van der Waals surface area contributed by atoms with Crippen molar-refractivity contribution in [3.63, 3.8) is 0 Å². The average molecular weight is 429 g/mol. The van der Waals surface area contributed by atoms with Crippen molar-refractivity contribution in [2.45, 2.75) is 57.4 Å². The molecule has 2 bridgehead atoms. The maximum atomic E-state index is 13.1. The predicted octanol–water partition coefficient (Wildman–Crippen LogP) is 5.44. The van der Waals surface area contributed by atoms with E-state index in [4.69, 9.17) is 4.74 Å². The van der Waals surface area contributed by atoms with Gasteiger partial charge in [0.2, 0.25) is 0 Å². The highest BCUT2D eigenvalue weighted by molar-refractivity contribution is 5.98. The Balaban J connectivity index is 1.42. The van der Waals surface area contributed by atoms with Crippen LogP contribution in [0.2, 0.25) is 0 Å². The Hall–Kier alpha value is -2.96. The van der Waals surface area contributed by atoms with Crippen LogP contribution in [-0.2, 0) is 11.3 Å². The average Bonchev–Trinajstić information content (AvgIpc) is 2.76. The Morgan fingerprint density at radius 3 is 2.39 bits per heavy atom. The molecule has 2 aliphatic rings. The fraction of sp³-hybridized carbons (Fsp3) is 0.417. The standard InChI is InChI=1S/C24H25F2NO4/c25-23(26)31-21-11-4-8-17(14-21)22(28)18-12-19-9-5-10-20(13-18)27(19)24(29)30-15-16-6-2-1-3-7-16/h1-4,6-8,11,14,18-20,23H,5,9-10,12-13,15H2. The first-order valence-corrected chi connectivity index (χ1v) is 10.6. The number of Topliss-reactive ketones (excluding diaryl/α,β-unsaturated/α-hetero) is 1. The van der Waals surface area contributed by atoms with Crippen molar-refractivity contribution in [2.24, 2.45) is 5.92 Å². The van der Waals surface area contributed by atoms with Gasteiger partial charge in [0.1, 0.15) is 12.4 Å². The second kappa shape index (κ2) is 9.45. The molecule has 2 aliphatic heterocycles. The Bertz CT molecular complexity index is 907. The lowest BCUT2D eigenvalue weighted by atomic mass is 9.76. The number of nitrogens with zero attached hydrogens (tertiary/aromatic N) is 1. The first-order chi connectivity index (χ1) is 15.0. The lowest BCUT2D eigenvalue weighted by Gasteiger charge is -2.47. The van der Waals surface area contributed by atoms with Crippen molar-refractivity contribution in [1.82, 2.24) is 4.90 Å². The lowest BCUT2D eigenvalue weighted by Crippen LogP contribution is -2.55. The molecule has 2 unspecified atom stereocenters. The van der Waals surface area contributed by atoms with Crippen LogP contribution in [0.3, 0.4) is 0 Å². The smallest absolute Gasteiger partial charge is 0.410 e. The van der Waals surface area contributed by atoms with Crippen molar-refractivity contribution in [1.29, 1.82) is 0 Å². The van der Waals surface area contributed by atoms with E-state index < -0.39 is 6.61 Å². The monoisotopic (exact) mass is 429 g/mol. The SMILES string of the molecule is O=C(c1cccc(OC(F)F)c1)C1CC2CCCC(C1)N2C(=O)OCc1ccccc1. The molecule has 2 aromatic carbocycles. The highest BCUT2D eigenvalue weighted by atomic mass is 19.3. The molecular formula is C24H25F2NO4. The summed E-state index contributed by atoms with van der Waals surface area (Å²) >= 11 is 0. The van der Waals surface area contributed by atoms with Gasteiger partial charge in [-0.1, -0.05) is 42.5 Å². The normalized spacial score (nSPS) is 22.8. The van der Waals surface area contributed by atoms with E-state index in [1.807, 2.05) is 35.2 Å². The lowest BCUT2D eigenvalue weighted by molar-refractivity contribution is -0.0498. The van der Waals surface area contributed by atoms with E-state index >= 15 is 0 Å². The van der Waals surface area contributed by atoms with E-state index in [1.165, 1.54) is 12.1 Å². The van der Waals surface area contributed by atoms with Crippen LogP contribution in [0.4, 0.5) is 13.6 Å². The summed E-state index contributed by atoms with van der Waals surface area (Å²) in [5.74, 6) is -0.368. The topological polar surface area (TPSA) is 55.8 Å². The number of hydrogen-bond donors (Lipinski definition) is 0. The molecule has 1 amide bonds. The molecule has 5 nitrogen and oxygen atoms in total. The highest BCUT2D eigenvalue weighted by Crippen LogP contribution is 2.39. The molecule has 0 aromatic heterocycles. The number of alkyl halides is 2. The summed E-state index contributed by atoms with van der Waals surface area (Å²) in [6, 6.07) is 15.4. The summed E-state index contributed by atoms with van der Waals surface area (Å²) < 4.78 is 35.0. The van der Waals surface area contributed by atoms with E-state index in [9.17, 15) is 18.4 Å². The molecule has 164 valence electrons. The number of halogens is 2.